The molecule has 0 amide bonds. The summed E-state index contributed by atoms with van der Waals surface area (Å²) in [4.78, 5) is 0. The zero-order valence-corrected chi connectivity index (χ0v) is 19.2. The summed E-state index contributed by atoms with van der Waals surface area (Å²) in [7, 11) is 0. The molecule has 23 heavy (non-hydrogen) atoms. The summed E-state index contributed by atoms with van der Waals surface area (Å²) in [5.41, 5.74) is 0. The quantitative estimate of drug-likeness (QED) is 0.372. The molecule has 2 aromatic rings. The first-order valence-electron chi connectivity index (χ1n) is 7.00. The monoisotopic (exact) mass is 403 g/mol. The third kappa shape index (κ3) is 62.0. The Morgan fingerprint density at radius 2 is 0.304 bits per heavy atom. The first-order chi connectivity index (χ1) is 9.00. The minimum absolute atomic E-state index is 0. The number of hydrogen-bond acceptors (Lipinski definition) is 4. The summed E-state index contributed by atoms with van der Waals surface area (Å²) in [6.45, 7) is 12.0. The molecule has 2 rings (SSSR count). The Labute approximate surface area is 171 Å². The fourth-order valence-corrected chi connectivity index (χ4v) is 0.770. The van der Waals surface area contributed by atoms with Gasteiger partial charge < -0.3 is 24.6 Å². The molecule has 0 spiro atoms. The van der Waals surface area contributed by atoms with Gasteiger partial charge in [0.2, 0.25) is 0 Å². The summed E-state index contributed by atoms with van der Waals surface area (Å²) in [5, 5.41) is 0. The number of benzene rings is 2. The first kappa shape index (κ1) is 49.5. The van der Waals surface area contributed by atoms with Crippen LogP contribution in [-0.4, -0.2) is 0 Å². The van der Waals surface area contributed by atoms with Gasteiger partial charge in [0.05, 0.1) is 0 Å². The Bertz CT molecular complexity index is 196. The van der Waals surface area contributed by atoms with Crippen LogP contribution in [0.3, 0.4) is 0 Å². The summed E-state index contributed by atoms with van der Waals surface area (Å²) in [5.74, 6) is 0. The zero-order valence-electron chi connectivity index (χ0n) is 16.3. The smallest absolute Gasteiger partial charge is 0 e. The fourth-order valence-electron chi connectivity index (χ4n) is 0.770. The van der Waals surface area contributed by atoms with Crippen molar-refractivity contribution in [3.05, 3.63) is 72.8 Å². The Kier molecular flexibility index (Phi) is 147. The minimum Gasteiger partial charge on any atom is -0.344 e. The summed E-state index contributed by atoms with van der Waals surface area (Å²) >= 11 is 0. The molecular weight excluding hydrogens is 361 g/mol. The second-order valence-corrected chi connectivity index (χ2v) is 2.31. The fraction of sp³-hybridized carbons (Fsp3) is 0.333. The maximum atomic E-state index is 2.00. The van der Waals surface area contributed by atoms with Crippen molar-refractivity contribution in [3.8, 4) is 0 Å². The zero-order chi connectivity index (χ0) is 14.5. The molecule has 0 fully saturated rings. The maximum absolute atomic E-state index is 2.00. The Hall–Kier alpha value is -0.616. The van der Waals surface area contributed by atoms with Crippen molar-refractivity contribution in [2.75, 3.05) is 0 Å². The van der Waals surface area contributed by atoms with E-state index in [0.717, 1.165) is 0 Å². The van der Waals surface area contributed by atoms with E-state index in [9.17, 15) is 0 Å². The third-order valence-corrected chi connectivity index (χ3v) is 1.33. The Morgan fingerprint density at radius 1 is 0.261 bits per heavy atom. The largest absolute Gasteiger partial charge is 0.344 e. The standard InChI is InChI=1S/2C6H6.3C2H6.4H3N.Y/c2*1-2-4-6-5-3-1;3*1-2;;;;;/h2*1-6H;3*1-2H3;4*1H3;. The number of hydrogen-bond donors (Lipinski definition) is 4. The molecule has 1 radical (unpaired) electrons. The van der Waals surface area contributed by atoms with Gasteiger partial charge in [-0.15, -0.1) is 0 Å². The summed E-state index contributed by atoms with van der Waals surface area (Å²) < 4.78 is 0. The molecular formula is C18H42N4Y. The average Bonchev–Trinajstić information content (AvgIpc) is 2.57. The maximum Gasteiger partial charge on any atom is 0 e. The van der Waals surface area contributed by atoms with Gasteiger partial charge in [-0.25, -0.2) is 0 Å². The SMILES string of the molecule is CC.CC.CC.N.N.N.N.[Y].c1ccccc1.c1ccccc1. The molecule has 0 aliphatic heterocycles. The van der Waals surface area contributed by atoms with Gasteiger partial charge >= 0.3 is 0 Å². The van der Waals surface area contributed by atoms with Gasteiger partial charge in [0.1, 0.15) is 0 Å². The van der Waals surface area contributed by atoms with Crippen LogP contribution < -0.4 is 24.6 Å². The average molecular weight is 403 g/mol. The van der Waals surface area contributed by atoms with Crippen molar-refractivity contribution in [3.63, 3.8) is 0 Å². The molecule has 0 aliphatic rings. The summed E-state index contributed by atoms with van der Waals surface area (Å²) in [6.07, 6.45) is 0. The first-order valence-corrected chi connectivity index (χ1v) is 7.00. The van der Waals surface area contributed by atoms with Crippen molar-refractivity contribution in [2.45, 2.75) is 41.5 Å². The van der Waals surface area contributed by atoms with Crippen LogP contribution in [0.15, 0.2) is 72.8 Å². The molecule has 0 atom stereocenters. The molecule has 0 aliphatic carbocycles. The van der Waals surface area contributed by atoms with E-state index in [4.69, 9.17) is 0 Å². The van der Waals surface area contributed by atoms with Crippen molar-refractivity contribution >= 4 is 0 Å². The van der Waals surface area contributed by atoms with Crippen LogP contribution in [-0.2, 0) is 32.7 Å². The molecule has 2 aromatic carbocycles. The minimum atomic E-state index is 0. The van der Waals surface area contributed by atoms with Crippen LogP contribution in [0.25, 0.3) is 0 Å². The van der Waals surface area contributed by atoms with Crippen LogP contribution >= 0.6 is 0 Å². The van der Waals surface area contributed by atoms with E-state index in [1.54, 1.807) is 0 Å². The van der Waals surface area contributed by atoms with Gasteiger partial charge in [0, 0.05) is 32.7 Å². The second-order valence-electron chi connectivity index (χ2n) is 2.31. The van der Waals surface area contributed by atoms with Gasteiger partial charge in [-0.2, -0.15) is 0 Å². The Balaban J connectivity index is -0.0000000212. The van der Waals surface area contributed by atoms with E-state index in [2.05, 4.69) is 0 Å². The van der Waals surface area contributed by atoms with Crippen molar-refractivity contribution in [1.29, 1.82) is 0 Å². The molecule has 0 saturated carbocycles. The molecule has 137 valence electrons. The number of rotatable bonds is 0. The molecule has 0 aromatic heterocycles. The van der Waals surface area contributed by atoms with E-state index in [-0.39, 0.29) is 57.3 Å². The summed E-state index contributed by atoms with van der Waals surface area (Å²) in [6, 6.07) is 24.0. The molecule has 0 unspecified atom stereocenters. The van der Waals surface area contributed by atoms with Gasteiger partial charge in [-0.1, -0.05) is 114 Å². The van der Waals surface area contributed by atoms with Crippen LogP contribution in [0.2, 0.25) is 0 Å². The van der Waals surface area contributed by atoms with E-state index in [1.165, 1.54) is 0 Å². The van der Waals surface area contributed by atoms with Gasteiger partial charge in [0.25, 0.3) is 0 Å². The molecule has 5 heteroatoms. The molecule has 12 N–H and O–H groups in total. The van der Waals surface area contributed by atoms with Gasteiger partial charge in [-0.05, 0) is 0 Å². The van der Waals surface area contributed by atoms with Gasteiger partial charge in [0.15, 0.2) is 0 Å². The normalized spacial score (nSPS) is 4.96. The van der Waals surface area contributed by atoms with E-state index >= 15 is 0 Å². The van der Waals surface area contributed by atoms with E-state index in [1.807, 2.05) is 114 Å². The van der Waals surface area contributed by atoms with Crippen LogP contribution in [0, 0.1) is 0 Å². The van der Waals surface area contributed by atoms with Gasteiger partial charge in [-0.3, -0.25) is 0 Å². The van der Waals surface area contributed by atoms with Crippen LogP contribution in [0.4, 0.5) is 0 Å². The third-order valence-electron chi connectivity index (χ3n) is 1.33. The molecule has 0 heterocycles. The molecule has 0 saturated heterocycles. The predicted octanol–water partition coefficient (Wildman–Crippen LogP) is 7.10. The Morgan fingerprint density at radius 3 is 0.348 bits per heavy atom. The van der Waals surface area contributed by atoms with E-state index < -0.39 is 0 Å². The topological polar surface area (TPSA) is 140 Å². The van der Waals surface area contributed by atoms with E-state index in [0.29, 0.717) is 0 Å². The predicted molar refractivity (Wildman–Crippen MR) is 107 cm³/mol. The van der Waals surface area contributed by atoms with Crippen LogP contribution in [0.1, 0.15) is 41.5 Å². The second kappa shape index (κ2) is 68.6. The van der Waals surface area contributed by atoms with Crippen molar-refractivity contribution < 1.29 is 32.7 Å². The van der Waals surface area contributed by atoms with Crippen LogP contribution in [0.5, 0.6) is 0 Å². The molecule has 0 bridgehead atoms. The van der Waals surface area contributed by atoms with Crippen molar-refractivity contribution in [1.82, 2.24) is 24.6 Å². The van der Waals surface area contributed by atoms with Crippen molar-refractivity contribution in [2.24, 2.45) is 0 Å². The molecule has 4 nitrogen and oxygen atoms in total.